The molecule has 1 aromatic heterocycles. The van der Waals surface area contributed by atoms with Crippen LogP contribution in [0.25, 0.3) is 10.9 Å². The van der Waals surface area contributed by atoms with Gasteiger partial charge in [0.1, 0.15) is 6.04 Å². The van der Waals surface area contributed by atoms with Gasteiger partial charge in [0.25, 0.3) is 0 Å². The lowest BCUT2D eigenvalue weighted by molar-refractivity contribution is -0.174. The predicted molar refractivity (Wildman–Crippen MR) is 163 cm³/mol. The number of rotatable bonds is 8. The third-order valence-electron chi connectivity index (χ3n) is 13.0. The summed E-state index contributed by atoms with van der Waals surface area (Å²) in [6.45, 7) is 7.18. The van der Waals surface area contributed by atoms with E-state index in [0.717, 1.165) is 67.8 Å². The molecule has 4 aliphatic carbocycles. The normalized spacial score (nSPS) is 39.1. The van der Waals surface area contributed by atoms with E-state index in [4.69, 9.17) is 0 Å². The lowest BCUT2D eigenvalue weighted by atomic mass is 9.43. The number of carboxylic acid groups (broad SMARTS) is 1. The van der Waals surface area contributed by atoms with Crippen LogP contribution < -0.4 is 5.32 Å². The van der Waals surface area contributed by atoms with E-state index in [1.807, 2.05) is 30.5 Å². The number of fused-ring (bicyclic) bond motifs is 6. The Bertz CT molecular complexity index is 1310. The Hall–Kier alpha value is -2.38. The van der Waals surface area contributed by atoms with Crippen molar-refractivity contribution in [3.63, 3.8) is 0 Å². The number of nitrogens with one attached hydrogen (secondary N) is 2. The molecule has 0 spiro atoms. The number of amides is 1. The van der Waals surface area contributed by atoms with E-state index in [0.29, 0.717) is 41.9 Å². The molecule has 7 heteroatoms. The molecule has 5 N–H and O–H groups in total. The van der Waals surface area contributed by atoms with Crippen molar-refractivity contribution < 1.29 is 24.9 Å². The number of carbonyl (C=O) groups is 2. The minimum absolute atomic E-state index is 0.161. The van der Waals surface area contributed by atoms with Crippen LogP contribution in [0.15, 0.2) is 30.5 Å². The largest absolute Gasteiger partial charge is 0.480 e. The van der Waals surface area contributed by atoms with Crippen molar-refractivity contribution in [1.29, 1.82) is 0 Å². The molecule has 0 bridgehead atoms. The molecule has 1 amide bonds. The number of carboxylic acids is 1. The Kier molecular flexibility index (Phi) is 7.97. The zero-order valence-electron chi connectivity index (χ0n) is 25.5. The zero-order valence-corrected chi connectivity index (χ0v) is 25.5. The Labute approximate surface area is 249 Å². The van der Waals surface area contributed by atoms with Crippen molar-refractivity contribution in [2.24, 2.45) is 46.3 Å². The lowest BCUT2D eigenvalue weighted by Gasteiger charge is -2.62. The van der Waals surface area contributed by atoms with Crippen molar-refractivity contribution in [3.8, 4) is 0 Å². The van der Waals surface area contributed by atoms with Crippen LogP contribution in [0.1, 0.15) is 90.5 Å². The maximum atomic E-state index is 13.0. The summed E-state index contributed by atoms with van der Waals surface area (Å²) in [6.07, 6.45) is 10.9. The number of aliphatic hydroxyl groups excluding tert-OH is 2. The van der Waals surface area contributed by atoms with E-state index in [2.05, 4.69) is 31.1 Å². The van der Waals surface area contributed by atoms with Crippen LogP contribution in [-0.4, -0.2) is 50.4 Å². The van der Waals surface area contributed by atoms with E-state index in [1.165, 1.54) is 6.42 Å². The van der Waals surface area contributed by atoms with E-state index in [9.17, 15) is 24.9 Å². The number of benzene rings is 1. The number of aliphatic carboxylic acids is 1. The first kappa shape index (κ1) is 29.7. The molecule has 4 saturated carbocycles. The van der Waals surface area contributed by atoms with Gasteiger partial charge in [0.05, 0.1) is 12.2 Å². The van der Waals surface area contributed by atoms with Crippen LogP contribution >= 0.6 is 0 Å². The van der Waals surface area contributed by atoms with E-state index in [-0.39, 0.29) is 35.4 Å². The highest BCUT2D eigenvalue weighted by Gasteiger charge is 2.62. The third-order valence-corrected chi connectivity index (χ3v) is 13.0. The molecule has 2 aromatic rings. The number of H-pyrrole nitrogens is 1. The summed E-state index contributed by atoms with van der Waals surface area (Å²) in [5.74, 6) is 1.43. The van der Waals surface area contributed by atoms with Gasteiger partial charge in [-0.3, -0.25) is 4.79 Å². The fourth-order valence-electron chi connectivity index (χ4n) is 10.7. The maximum absolute atomic E-state index is 13.0. The second-order valence-electron chi connectivity index (χ2n) is 15.0. The standard InChI is InChI=1S/C35H50N2O5/c1-20(8-11-31(40)37-29(33(41)42)16-21-19-36-28-7-5-4-6-24(21)28)25-9-10-26-32-27(13-15-35(25,26)3)34(2)14-12-23(38)17-22(34)18-30(32)39/h4-7,19-20,22-23,25-27,29-30,32,36,38-39H,8-18H2,1-3H3,(H,37,40)(H,41,42)/t20?,22-,23+,25+,26-,27-,29?,30-,32-,34-,35+/m0/s1. The quantitative estimate of drug-likeness (QED) is 0.276. The number of aliphatic hydroxyl groups is 2. The van der Waals surface area contributed by atoms with Crippen LogP contribution in [0, 0.1) is 46.3 Å². The second kappa shape index (κ2) is 11.3. The van der Waals surface area contributed by atoms with Crippen molar-refractivity contribution in [2.45, 2.75) is 110 Å². The van der Waals surface area contributed by atoms with Gasteiger partial charge in [0.2, 0.25) is 5.91 Å². The average molecular weight is 579 g/mol. The highest BCUT2D eigenvalue weighted by Crippen LogP contribution is 2.68. The van der Waals surface area contributed by atoms with Gasteiger partial charge in [-0.15, -0.1) is 0 Å². The summed E-state index contributed by atoms with van der Waals surface area (Å²) >= 11 is 0. The monoisotopic (exact) mass is 578 g/mol. The molecule has 1 aromatic carbocycles. The fraction of sp³-hybridized carbons (Fsp3) is 0.714. The topological polar surface area (TPSA) is 123 Å². The van der Waals surface area contributed by atoms with Crippen LogP contribution in [0.3, 0.4) is 0 Å². The number of aromatic nitrogens is 1. The second-order valence-corrected chi connectivity index (χ2v) is 15.0. The van der Waals surface area contributed by atoms with Gasteiger partial charge in [-0.1, -0.05) is 39.0 Å². The first-order valence-corrected chi connectivity index (χ1v) is 16.4. The van der Waals surface area contributed by atoms with Gasteiger partial charge in [0.15, 0.2) is 0 Å². The number of hydrogen-bond donors (Lipinski definition) is 5. The maximum Gasteiger partial charge on any atom is 0.326 e. The van der Waals surface area contributed by atoms with Gasteiger partial charge in [-0.2, -0.15) is 0 Å². The molecule has 0 radical (unpaired) electrons. The Morgan fingerprint density at radius 3 is 2.55 bits per heavy atom. The zero-order chi connectivity index (χ0) is 29.8. The minimum Gasteiger partial charge on any atom is -0.480 e. The van der Waals surface area contributed by atoms with Gasteiger partial charge < -0.3 is 25.6 Å². The first-order chi connectivity index (χ1) is 20.0. The number of aromatic amines is 1. The van der Waals surface area contributed by atoms with Crippen LogP contribution in [-0.2, 0) is 16.0 Å². The fourth-order valence-corrected chi connectivity index (χ4v) is 10.7. The van der Waals surface area contributed by atoms with E-state index < -0.39 is 12.0 Å². The summed E-state index contributed by atoms with van der Waals surface area (Å²) in [5, 5.41) is 35.5. The highest BCUT2D eigenvalue weighted by atomic mass is 16.4. The summed E-state index contributed by atoms with van der Waals surface area (Å²) in [5.41, 5.74) is 2.23. The summed E-state index contributed by atoms with van der Waals surface area (Å²) in [4.78, 5) is 28.3. The molecule has 7 nitrogen and oxygen atoms in total. The van der Waals surface area contributed by atoms with Gasteiger partial charge in [-0.25, -0.2) is 4.79 Å². The van der Waals surface area contributed by atoms with Crippen molar-refractivity contribution in [1.82, 2.24) is 10.3 Å². The Morgan fingerprint density at radius 2 is 1.76 bits per heavy atom. The summed E-state index contributed by atoms with van der Waals surface area (Å²) in [7, 11) is 0. The smallest absolute Gasteiger partial charge is 0.326 e. The van der Waals surface area contributed by atoms with Crippen molar-refractivity contribution in [3.05, 3.63) is 36.0 Å². The van der Waals surface area contributed by atoms with Crippen LogP contribution in [0.4, 0.5) is 0 Å². The molecular weight excluding hydrogens is 528 g/mol. The van der Waals surface area contributed by atoms with Gasteiger partial charge in [-0.05, 0) is 116 Å². The molecule has 4 fully saturated rings. The van der Waals surface area contributed by atoms with Crippen LogP contribution in [0.2, 0.25) is 0 Å². The third kappa shape index (κ3) is 5.08. The molecule has 11 atom stereocenters. The molecule has 0 aliphatic heterocycles. The van der Waals surface area contributed by atoms with Gasteiger partial charge >= 0.3 is 5.97 Å². The highest BCUT2D eigenvalue weighted by molar-refractivity contribution is 5.86. The molecule has 2 unspecified atom stereocenters. The summed E-state index contributed by atoms with van der Waals surface area (Å²) in [6, 6.07) is 6.84. The predicted octanol–water partition coefficient (Wildman–Crippen LogP) is 5.69. The molecule has 1 heterocycles. The summed E-state index contributed by atoms with van der Waals surface area (Å²) < 4.78 is 0. The molecule has 6 rings (SSSR count). The van der Waals surface area contributed by atoms with Crippen LogP contribution in [0.5, 0.6) is 0 Å². The Morgan fingerprint density at radius 1 is 1.02 bits per heavy atom. The van der Waals surface area contributed by atoms with E-state index >= 15 is 0 Å². The molecular formula is C35H50N2O5. The molecule has 230 valence electrons. The average Bonchev–Trinajstić information content (AvgIpc) is 3.53. The van der Waals surface area contributed by atoms with E-state index in [1.54, 1.807) is 0 Å². The first-order valence-electron chi connectivity index (χ1n) is 16.4. The SMILES string of the molecule is CC(CCC(=O)NC(Cc1c[nH]c2ccccc12)C(=O)O)[C@H]1CC[C@H]2[C@@H]3[C@@H](O)C[C@@H]4C[C@H](O)CC[C@]4(C)[C@H]3CC[C@]12C. The Balaban J connectivity index is 1.08. The minimum atomic E-state index is -1.01. The number of carbonyl (C=O) groups excluding carboxylic acids is 1. The van der Waals surface area contributed by atoms with Gasteiger partial charge in [0, 0.05) is 29.9 Å². The lowest BCUT2D eigenvalue weighted by Crippen LogP contribution is -2.58. The number of para-hydroxylation sites is 1. The number of hydrogen-bond acceptors (Lipinski definition) is 4. The van der Waals surface area contributed by atoms with Crippen molar-refractivity contribution in [2.75, 3.05) is 0 Å². The molecule has 0 saturated heterocycles. The molecule has 42 heavy (non-hydrogen) atoms. The molecule has 4 aliphatic rings. The van der Waals surface area contributed by atoms with Crippen molar-refractivity contribution >= 4 is 22.8 Å².